The Labute approximate surface area is 231 Å². The second kappa shape index (κ2) is 10.1. The van der Waals surface area contributed by atoms with Gasteiger partial charge in [-0.2, -0.15) is 18.4 Å². The fourth-order valence-electron chi connectivity index (χ4n) is 5.73. The number of aryl methyl sites for hydroxylation is 1. The first-order valence-corrected chi connectivity index (χ1v) is 12.7. The number of aromatic nitrogens is 1. The number of pyridine rings is 1. The molecule has 4 rings (SSSR count). The van der Waals surface area contributed by atoms with Gasteiger partial charge in [0.2, 0.25) is 5.91 Å². The van der Waals surface area contributed by atoms with Crippen LogP contribution < -0.4 is 16.2 Å². The monoisotopic (exact) mass is 581 g/mol. The molecule has 1 saturated heterocycles. The maximum atomic E-state index is 14.3. The average molecular weight is 582 g/mol. The van der Waals surface area contributed by atoms with Gasteiger partial charge in [-0.15, -0.1) is 0 Å². The normalized spacial score (nSPS) is 22.8. The van der Waals surface area contributed by atoms with Crippen LogP contribution in [-0.2, 0) is 20.8 Å². The number of benzene rings is 1. The number of halogens is 5. The van der Waals surface area contributed by atoms with Crippen molar-refractivity contribution in [1.29, 1.82) is 5.26 Å². The Morgan fingerprint density at radius 2 is 1.83 bits per heavy atom. The zero-order valence-corrected chi connectivity index (χ0v) is 22.5. The van der Waals surface area contributed by atoms with Gasteiger partial charge < -0.3 is 20.5 Å². The van der Waals surface area contributed by atoms with Crippen molar-refractivity contribution in [3.8, 4) is 6.07 Å². The van der Waals surface area contributed by atoms with E-state index in [0.29, 0.717) is 10.9 Å². The molecule has 9 nitrogen and oxygen atoms in total. The van der Waals surface area contributed by atoms with Gasteiger partial charge in [0.05, 0.1) is 6.07 Å². The van der Waals surface area contributed by atoms with Crippen molar-refractivity contribution in [1.82, 2.24) is 20.5 Å². The number of rotatable bonds is 7. The molecular weight excluding hydrogens is 553 g/mol. The average Bonchev–Trinajstić information content (AvgIpc) is 3.19. The number of nitrogens with one attached hydrogen (secondary N) is 3. The zero-order valence-electron chi connectivity index (χ0n) is 22.5. The van der Waals surface area contributed by atoms with Crippen LogP contribution in [0.5, 0.6) is 0 Å². The molecule has 3 N–H and O–H groups in total. The van der Waals surface area contributed by atoms with Gasteiger partial charge in [-0.25, -0.2) is 8.78 Å². The summed E-state index contributed by atoms with van der Waals surface area (Å²) in [6, 6.07) is 3.31. The first-order valence-electron chi connectivity index (χ1n) is 12.7. The minimum Gasteiger partial charge on any atom is -0.338 e. The molecule has 41 heavy (non-hydrogen) atoms. The maximum absolute atomic E-state index is 14.3. The number of nitrogens with zero attached hydrogens (tertiary/aromatic N) is 2. The minimum absolute atomic E-state index is 0.191. The van der Waals surface area contributed by atoms with Crippen molar-refractivity contribution >= 4 is 28.6 Å². The third-order valence-corrected chi connectivity index (χ3v) is 8.02. The fraction of sp³-hybridized carbons (Fsp3) is 0.519. The van der Waals surface area contributed by atoms with Crippen LogP contribution in [0.1, 0.15) is 31.9 Å². The number of H-pyrrole nitrogens is 1. The Morgan fingerprint density at radius 3 is 2.41 bits per heavy atom. The van der Waals surface area contributed by atoms with E-state index < -0.39 is 64.8 Å². The Hall–Kier alpha value is -4.02. The summed E-state index contributed by atoms with van der Waals surface area (Å²) in [4.78, 5) is 54.1. The predicted molar refractivity (Wildman–Crippen MR) is 135 cm³/mol. The molecule has 1 aromatic heterocycles. The highest BCUT2D eigenvalue weighted by Crippen LogP contribution is 2.65. The topological polar surface area (TPSA) is 135 Å². The molecular formula is C27H28F5N5O4. The molecule has 0 radical (unpaired) electrons. The van der Waals surface area contributed by atoms with E-state index >= 15 is 0 Å². The molecule has 220 valence electrons. The van der Waals surface area contributed by atoms with Gasteiger partial charge >= 0.3 is 12.1 Å². The molecule has 2 aromatic rings. The Balaban J connectivity index is 1.58. The molecule has 0 spiro atoms. The lowest BCUT2D eigenvalue weighted by atomic mass is 9.98. The second-order valence-electron chi connectivity index (χ2n) is 11.4. The molecule has 1 saturated carbocycles. The maximum Gasteiger partial charge on any atom is 0.471 e. The van der Waals surface area contributed by atoms with E-state index in [1.165, 1.54) is 0 Å². The van der Waals surface area contributed by atoms with Gasteiger partial charge in [0.1, 0.15) is 12.1 Å². The van der Waals surface area contributed by atoms with Gasteiger partial charge in [-0.3, -0.25) is 19.2 Å². The highest BCUT2D eigenvalue weighted by molar-refractivity contribution is 5.95. The number of hydrogen-bond donors (Lipinski definition) is 3. The molecule has 1 aliphatic carbocycles. The summed E-state index contributed by atoms with van der Waals surface area (Å²) in [5.74, 6) is -10.1. The standard InChI is InChI=1S/C27H28F5N5O4/c1-12-5-6-17-13(7-12)8-14(21(38)35-17)9-15(10-33)34-22(39)19-18-16(25(18,2)3)11-37(19)23(40)20(26(4,28)29)36-24(41)27(30,31)32/h5-8,15-16,18-20H,9,11H2,1-4H3,(H,34,39)(H,35,38)(H,36,41)/t15?,16-,18+,19-,20+/m0/s1. The number of carbonyl (C=O) groups excluding carboxylic acids is 3. The Morgan fingerprint density at radius 1 is 1.17 bits per heavy atom. The number of likely N-dealkylation sites (tertiary alicyclic amines) is 1. The van der Waals surface area contributed by atoms with Crippen LogP contribution in [-0.4, -0.2) is 64.4 Å². The summed E-state index contributed by atoms with van der Waals surface area (Å²) in [7, 11) is 0. The van der Waals surface area contributed by atoms with Crippen LogP contribution in [0.4, 0.5) is 22.0 Å². The molecule has 14 heteroatoms. The number of carbonyl (C=O) groups is 3. The van der Waals surface area contributed by atoms with Crippen LogP contribution in [0.15, 0.2) is 29.1 Å². The Kier molecular flexibility index (Phi) is 7.39. The predicted octanol–water partition coefficient (Wildman–Crippen LogP) is 2.57. The van der Waals surface area contributed by atoms with E-state index in [1.54, 1.807) is 26.0 Å². The first-order chi connectivity index (χ1) is 18.9. The van der Waals surface area contributed by atoms with E-state index in [9.17, 15) is 46.4 Å². The van der Waals surface area contributed by atoms with Gasteiger partial charge in [-0.05, 0) is 47.8 Å². The van der Waals surface area contributed by atoms with Crippen LogP contribution in [0.2, 0.25) is 0 Å². The highest BCUT2D eigenvalue weighted by Gasteiger charge is 2.70. The molecule has 2 aliphatic rings. The lowest BCUT2D eigenvalue weighted by Crippen LogP contribution is -2.62. The zero-order chi connectivity index (χ0) is 30.7. The fourth-order valence-corrected chi connectivity index (χ4v) is 5.73. The number of alkyl halides is 5. The highest BCUT2D eigenvalue weighted by atomic mass is 19.4. The van der Waals surface area contributed by atoms with Crippen LogP contribution in [0.3, 0.4) is 0 Å². The summed E-state index contributed by atoms with van der Waals surface area (Å²) in [5.41, 5.74) is 0.720. The third kappa shape index (κ3) is 5.75. The van der Waals surface area contributed by atoms with Gasteiger partial charge in [0.25, 0.3) is 17.4 Å². The van der Waals surface area contributed by atoms with E-state index in [-0.39, 0.29) is 31.4 Å². The molecule has 0 bridgehead atoms. The summed E-state index contributed by atoms with van der Waals surface area (Å²) in [5, 5.41) is 14.0. The molecule has 1 aliphatic heterocycles. The number of aromatic amines is 1. The van der Waals surface area contributed by atoms with Gasteiger partial charge in [-0.1, -0.05) is 25.5 Å². The lowest BCUT2D eigenvalue weighted by molar-refractivity contribution is -0.178. The summed E-state index contributed by atoms with van der Waals surface area (Å²) >= 11 is 0. The van der Waals surface area contributed by atoms with Crippen molar-refractivity contribution in [2.75, 3.05) is 6.54 Å². The van der Waals surface area contributed by atoms with Crippen molar-refractivity contribution < 1.29 is 36.3 Å². The number of fused-ring (bicyclic) bond motifs is 2. The minimum atomic E-state index is -5.52. The smallest absolute Gasteiger partial charge is 0.338 e. The van der Waals surface area contributed by atoms with Crippen molar-refractivity contribution in [2.24, 2.45) is 17.3 Å². The van der Waals surface area contributed by atoms with Crippen molar-refractivity contribution in [3.05, 3.63) is 45.7 Å². The lowest BCUT2D eigenvalue weighted by Gasteiger charge is -2.35. The van der Waals surface area contributed by atoms with Crippen LogP contribution in [0.25, 0.3) is 10.9 Å². The van der Waals surface area contributed by atoms with E-state index in [0.717, 1.165) is 15.8 Å². The second-order valence-corrected chi connectivity index (χ2v) is 11.4. The number of amides is 3. The van der Waals surface area contributed by atoms with Crippen molar-refractivity contribution in [3.63, 3.8) is 0 Å². The first kappa shape index (κ1) is 30.0. The SMILES string of the molecule is Cc1ccc2[nH]c(=O)c(CC(C#N)NC(=O)[C@@H]3[C@H]4[C@H](CN3C(=O)[C@@H](NC(=O)C(F)(F)F)C(C)(F)F)C4(C)C)cc2c1. The van der Waals surface area contributed by atoms with E-state index in [2.05, 4.69) is 10.3 Å². The number of hydrogen-bond acceptors (Lipinski definition) is 5. The van der Waals surface area contributed by atoms with E-state index in [4.69, 9.17) is 0 Å². The van der Waals surface area contributed by atoms with Gasteiger partial charge in [0, 0.05) is 31.0 Å². The van der Waals surface area contributed by atoms with Crippen LogP contribution >= 0.6 is 0 Å². The summed E-state index contributed by atoms with van der Waals surface area (Å²) in [6.45, 7) is 5.43. The Bertz CT molecular complexity index is 1510. The van der Waals surface area contributed by atoms with Crippen molar-refractivity contribution in [2.45, 2.75) is 64.3 Å². The molecule has 3 amide bonds. The number of nitriles is 1. The molecule has 5 atom stereocenters. The third-order valence-electron chi connectivity index (χ3n) is 8.02. The quantitative estimate of drug-likeness (QED) is 0.432. The van der Waals surface area contributed by atoms with E-state index in [1.807, 2.05) is 25.1 Å². The molecule has 2 fully saturated rings. The molecule has 1 aromatic carbocycles. The van der Waals surface area contributed by atoms with Gasteiger partial charge in [0.15, 0.2) is 6.04 Å². The van der Waals surface area contributed by atoms with Crippen LogP contribution in [0, 0.1) is 35.5 Å². The largest absolute Gasteiger partial charge is 0.471 e. The molecule has 1 unspecified atom stereocenters. The number of piperidine rings is 1. The summed E-state index contributed by atoms with van der Waals surface area (Å²) in [6.07, 6.45) is -5.73. The molecule has 2 heterocycles. The summed E-state index contributed by atoms with van der Waals surface area (Å²) < 4.78 is 67.0.